The summed E-state index contributed by atoms with van der Waals surface area (Å²) in [6, 6.07) is 0. The maximum Gasteiger partial charge on any atom is 0.472 e. The van der Waals surface area contributed by atoms with Crippen molar-refractivity contribution in [2.24, 2.45) is 0 Å². The van der Waals surface area contributed by atoms with Crippen LogP contribution in [-0.2, 0) is 32.7 Å². The van der Waals surface area contributed by atoms with E-state index >= 15 is 0 Å². The lowest BCUT2D eigenvalue weighted by molar-refractivity contribution is -0.220. The van der Waals surface area contributed by atoms with Crippen molar-refractivity contribution in [3.63, 3.8) is 0 Å². The number of aliphatic hydroxyl groups excluding tert-OH is 5. The summed E-state index contributed by atoms with van der Waals surface area (Å²) in [5.74, 6) is -1.10. The average Bonchev–Trinajstić information content (AvgIpc) is 3.29. The van der Waals surface area contributed by atoms with Crippen LogP contribution in [0.4, 0.5) is 0 Å². The minimum absolute atomic E-state index is 0.0999. The summed E-state index contributed by atoms with van der Waals surface area (Å²) in [5, 5.41) is 50.3. The monoisotopic (exact) mass is 947 g/mol. The topological polar surface area (TPSA) is 210 Å². The van der Waals surface area contributed by atoms with Crippen LogP contribution in [0, 0.1) is 0 Å². The van der Waals surface area contributed by atoms with Gasteiger partial charge in [0.25, 0.3) is 0 Å². The maximum absolute atomic E-state index is 12.9. The molecule has 65 heavy (non-hydrogen) atoms. The molecule has 6 N–H and O–H groups in total. The minimum Gasteiger partial charge on any atom is -0.462 e. The number of unbranched alkanes of at least 4 members (excludes halogenated alkanes) is 28. The minimum atomic E-state index is -5.12. The van der Waals surface area contributed by atoms with Crippen LogP contribution in [0.25, 0.3) is 0 Å². The number of ether oxygens (including phenoxy) is 2. The van der Waals surface area contributed by atoms with E-state index in [1.54, 1.807) is 0 Å². The number of carbonyl (C=O) groups is 2. The van der Waals surface area contributed by atoms with Crippen LogP contribution in [0.1, 0.15) is 232 Å². The zero-order chi connectivity index (χ0) is 47.8. The van der Waals surface area contributed by atoms with Gasteiger partial charge in [0.2, 0.25) is 0 Å². The van der Waals surface area contributed by atoms with Crippen molar-refractivity contribution in [1.82, 2.24) is 0 Å². The number of allylic oxidation sites excluding steroid dienone is 4. The molecular weight excluding hydrogens is 852 g/mol. The smallest absolute Gasteiger partial charge is 0.462 e. The largest absolute Gasteiger partial charge is 0.472 e. The fourth-order valence-electron chi connectivity index (χ4n) is 8.08. The first-order valence-corrected chi connectivity index (χ1v) is 27.6. The third-order valence-electron chi connectivity index (χ3n) is 12.3. The third kappa shape index (κ3) is 33.5. The predicted molar refractivity (Wildman–Crippen MR) is 258 cm³/mol. The van der Waals surface area contributed by atoms with Gasteiger partial charge in [-0.1, -0.05) is 199 Å². The molecule has 1 aliphatic rings. The Morgan fingerprint density at radius 1 is 0.477 bits per heavy atom. The molecule has 382 valence electrons. The number of carbonyl (C=O) groups excluding carboxylic acids is 2. The highest BCUT2D eigenvalue weighted by Gasteiger charge is 2.51. The number of hydrogen-bond donors (Lipinski definition) is 6. The van der Waals surface area contributed by atoms with Crippen molar-refractivity contribution in [3.05, 3.63) is 24.3 Å². The average molecular weight is 947 g/mol. The third-order valence-corrected chi connectivity index (χ3v) is 13.3. The fraction of sp³-hybridized carbons (Fsp3) is 0.882. The van der Waals surface area contributed by atoms with Gasteiger partial charge in [-0.25, -0.2) is 4.57 Å². The van der Waals surface area contributed by atoms with Crippen molar-refractivity contribution in [3.8, 4) is 0 Å². The van der Waals surface area contributed by atoms with E-state index in [4.69, 9.17) is 18.5 Å². The number of phosphoric ester groups is 1. The second kappa shape index (κ2) is 41.3. The molecule has 8 atom stereocenters. The maximum atomic E-state index is 12.9. The van der Waals surface area contributed by atoms with E-state index in [-0.39, 0.29) is 12.8 Å². The second-order valence-corrected chi connectivity index (χ2v) is 19.8. The molecule has 13 nitrogen and oxygen atoms in total. The Kier molecular flexibility index (Phi) is 39.0. The van der Waals surface area contributed by atoms with E-state index in [9.17, 15) is 44.6 Å². The molecule has 1 aliphatic carbocycles. The van der Waals surface area contributed by atoms with Gasteiger partial charge in [-0.15, -0.1) is 0 Å². The van der Waals surface area contributed by atoms with Crippen molar-refractivity contribution < 1.29 is 63.1 Å². The van der Waals surface area contributed by atoms with Gasteiger partial charge in [-0.2, -0.15) is 0 Å². The van der Waals surface area contributed by atoms with Gasteiger partial charge >= 0.3 is 19.8 Å². The van der Waals surface area contributed by atoms with Gasteiger partial charge in [0, 0.05) is 12.8 Å². The first-order chi connectivity index (χ1) is 31.4. The van der Waals surface area contributed by atoms with Crippen LogP contribution in [-0.4, -0.2) is 98.3 Å². The van der Waals surface area contributed by atoms with Crippen LogP contribution in [0.5, 0.6) is 0 Å². The standard InChI is InChI=1S/C51H95O13P/c1-3-5-7-9-11-13-15-17-19-21-22-24-26-28-30-32-34-36-38-40-45(53)63-43(42-62-65(59,60)64-51-49(57)47(55)46(54)48(56)50(51)58)41-61-44(52)39-37-35-33-31-29-27-25-23-20-18-16-14-12-10-8-6-4-2/h12,14,18,20,43,46-51,54-58H,3-11,13,15-17,19,21-42H2,1-2H3,(H,59,60)/b14-12+,20-18+/t43-,46?,47-,48?,49?,50?,51?/m1/s1. The molecule has 0 amide bonds. The van der Waals surface area contributed by atoms with Crippen LogP contribution in [0.2, 0.25) is 0 Å². The Morgan fingerprint density at radius 3 is 1.28 bits per heavy atom. The van der Waals surface area contributed by atoms with E-state index in [1.807, 2.05) is 0 Å². The van der Waals surface area contributed by atoms with E-state index < -0.39 is 75.7 Å². The lowest BCUT2D eigenvalue weighted by atomic mass is 9.85. The first kappa shape index (κ1) is 61.3. The summed E-state index contributed by atoms with van der Waals surface area (Å²) in [4.78, 5) is 35.8. The van der Waals surface area contributed by atoms with Gasteiger partial charge in [-0.05, 0) is 44.9 Å². The molecular formula is C51H95O13P. The summed E-state index contributed by atoms with van der Waals surface area (Å²) in [6.07, 6.45) is 33.6. The van der Waals surface area contributed by atoms with Crippen molar-refractivity contribution in [1.29, 1.82) is 0 Å². The van der Waals surface area contributed by atoms with Crippen LogP contribution < -0.4 is 0 Å². The number of aliphatic hydroxyl groups is 5. The highest BCUT2D eigenvalue weighted by Crippen LogP contribution is 2.47. The quantitative estimate of drug-likeness (QED) is 0.0146. The summed E-state index contributed by atoms with van der Waals surface area (Å²) < 4.78 is 33.7. The molecule has 0 saturated heterocycles. The van der Waals surface area contributed by atoms with E-state index in [0.29, 0.717) is 12.8 Å². The summed E-state index contributed by atoms with van der Waals surface area (Å²) in [7, 11) is -5.12. The van der Waals surface area contributed by atoms with E-state index in [2.05, 4.69) is 38.2 Å². The molecule has 0 aromatic carbocycles. The molecule has 1 rings (SSSR count). The fourth-order valence-corrected chi connectivity index (χ4v) is 9.06. The highest BCUT2D eigenvalue weighted by molar-refractivity contribution is 7.47. The molecule has 0 aliphatic heterocycles. The van der Waals surface area contributed by atoms with Crippen molar-refractivity contribution in [2.75, 3.05) is 13.2 Å². The second-order valence-electron chi connectivity index (χ2n) is 18.4. The Labute approximate surface area is 394 Å². The van der Waals surface area contributed by atoms with Gasteiger partial charge in [-0.3, -0.25) is 18.6 Å². The van der Waals surface area contributed by atoms with Gasteiger partial charge in [0.1, 0.15) is 43.2 Å². The Morgan fingerprint density at radius 2 is 0.831 bits per heavy atom. The molecule has 0 aromatic rings. The molecule has 0 spiro atoms. The van der Waals surface area contributed by atoms with Crippen molar-refractivity contribution >= 4 is 19.8 Å². The Hall–Kier alpha value is -1.67. The molecule has 0 heterocycles. The summed E-state index contributed by atoms with van der Waals surface area (Å²) >= 11 is 0. The highest BCUT2D eigenvalue weighted by atomic mass is 31.2. The summed E-state index contributed by atoms with van der Waals surface area (Å²) in [5.41, 5.74) is 0. The molecule has 0 bridgehead atoms. The zero-order valence-corrected chi connectivity index (χ0v) is 41.7. The molecule has 14 heteroatoms. The lowest BCUT2D eigenvalue weighted by Crippen LogP contribution is -2.64. The predicted octanol–water partition coefficient (Wildman–Crippen LogP) is 11.2. The SMILES string of the molecule is CCCCC/C=C/C/C=C/CCCCCCCCCC(=O)OC[C@H](COP(=O)(O)OC1C(O)C(O)C(O)[C@@H](O)C1O)OC(=O)CCCCCCCCCCCCCCCCCCCCC. The molecule has 6 unspecified atom stereocenters. The Balaban J connectivity index is 2.39. The van der Waals surface area contributed by atoms with Gasteiger partial charge < -0.3 is 39.9 Å². The number of hydrogen-bond acceptors (Lipinski definition) is 12. The van der Waals surface area contributed by atoms with Gasteiger partial charge in [0.15, 0.2) is 6.10 Å². The molecule has 1 fully saturated rings. The van der Waals surface area contributed by atoms with E-state index in [1.165, 1.54) is 128 Å². The number of phosphoric acid groups is 1. The lowest BCUT2D eigenvalue weighted by Gasteiger charge is -2.41. The zero-order valence-electron chi connectivity index (χ0n) is 40.8. The number of esters is 2. The van der Waals surface area contributed by atoms with Crippen molar-refractivity contribution in [2.45, 2.75) is 275 Å². The van der Waals surface area contributed by atoms with Crippen LogP contribution >= 0.6 is 7.82 Å². The molecule has 0 aromatic heterocycles. The van der Waals surface area contributed by atoms with Crippen LogP contribution in [0.3, 0.4) is 0 Å². The first-order valence-electron chi connectivity index (χ1n) is 26.1. The number of rotatable bonds is 44. The Bertz CT molecular complexity index is 1230. The van der Waals surface area contributed by atoms with E-state index in [0.717, 1.165) is 64.2 Å². The normalized spacial score (nSPS) is 21.5. The molecule has 0 radical (unpaired) electrons. The van der Waals surface area contributed by atoms with Gasteiger partial charge in [0.05, 0.1) is 6.61 Å². The summed E-state index contributed by atoms with van der Waals surface area (Å²) in [6.45, 7) is 3.31. The molecule has 1 saturated carbocycles. The van der Waals surface area contributed by atoms with Crippen LogP contribution in [0.15, 0.2) is 24.3 Å².